The Morgan fingerprint density at radius 3 is 2.59 bits per heavy atom. The second kappa shape index (κ2) is 7.09. The van der Waals surface area contributed by atoms with E-state index in [1.54, 1.807) is 30.2 Å². The van der Waals surface area contributed by atoms with Crippen molar-refractivity contribution in [1.82, 2.24) is 0 Å². The zero-order valence-electron chi connectivity index (χ0n) is 12.7. The molecule has 0 amide bonds. The van der Waals surface area contributed by atoms with Crippen LogP contribution in [0.25, 0.3) is 0 Å². The molecule has 4 nitrogen and oxygen atoms in total. The molecule has 0 N–H and O–H groups in total. The van der Waals surface area contributed by atoms with E-state index < -0.39 is 18.6 Å². The molecule has 1 heterocycles. The van der Waals surface area contributed by atoms with Crippen molar-refractivity contribution in [2.45, 2.75) is 25.1 Å². The number of halogens is 3. The molecule has 0 radical (unpaired) electrons. The summed E-state index contributed by atoms with van der Waals surface area (Å²) in [5.41, 5.74) is 0.719. The molecule has 124 valence electrons. The van der Waals surface area contributed by atoms with Gasteiger partial charge >= 0.3 is 6.18 Å². The molecule has 2 rings (SSSR count). The van der Waals surface area contributed by atoms with Crippen LogP contribution in [0.4, 0.5) is 18.9 Å². The summed E-state index contributed by atoms with van der Waals surface area (Å²) in [4.78, 5) is 1.70. The predicted molar refractivity (Wildman–Crippen MR) is 76.8 cm³/mol. The Bertz CT molecular complexity index is 493. The summed E-state index contributed by atoms with van der Waals surface area (Å²) >= 11 is 0. The zero-order chi connectivity index (χ0) is 16.2. The predicted octanol–water partition coefficient (Wildman–Crippen LogP) is 3.25. The van der Waals surface area contributed by atoms with Gasteiger partial charge in [-0.25, -0.2) is 0 Å². The minimum atomic E-state index is -4.13. The number of nitrogens with zero attached hydrogens (tertiary/aromatic N) is 1. The number of ether oxygens (including phenoxy) is 3. The maximum atomic E-state index is 12.4. The summed E-state index contributed by atoms with van der Waals surface area (Å²) in [6, 6.07) is 4.71. The van der Waals surface area contributed by atoms with Crippen LogP contribution in [-0.2, 0) is 4.74 Å². The van der Waals surface area contributed by atoms with Crippen LogP contribution in [0, 0.1) is 0 Å². The number of hydrogen-bond acceptors (Lipinski definition) is 4. The summed E-state index contributed by atoms with van der Waals surface area (Å²) in [6.45, 7) is 1.45. The third-order valence-electron chi connectivity index (χ3n) is 3.41. The quantitative estimate of drug-likeness (QED) is 0.544. The second-order valence-corrected chi connectivity index (χ2v) is 5.16. The van der Waals surface area contributed by atoms with Crippen LogP contribution in [0.5, 0.6) is 11.5 Å². The Hall–Kier alpha value is -1.63. The first kappa shape index (κ1) is 16.7. The van der Waals surface area contributed by atoms with E-state index in [-0.39, 0.29) is 0 Å². The van der Waals surface area contributed by atoms with Gasteiger partial charge < -0.3 is 19.1 Å². The minimum absolute atomic E-state index is 0.412. The standard InChI is InChI=1S/C15H20F3NO3/c1-20-6-3-7-22-14-8-11(4-5-13(14)21-2)19-10-12(19)9-15(16,17)18/h4-5,8,12H,3,6-7,9-10H2,1-2H3. The van der Waals surface area contributed by atoms with Gasteiger partial charge in [-0.05, 0) is 12.1 Å². The van der Waals surface area contributed by atoms with E-state index in [0.29, 0.717) is 31.3 Å². The summed E-state index contributed by atoms with van der Waals surface area (Å²) in [5, 5.41) is 0. The van der Waals surface area contributed by atoms with E-state index >= 15 is 0 Å². The lowest BCUT2D eigenvalue weighted by Crippen LogP contribution is -2.14. The van der Waals surface area contributed by atoms with Crippen LogP contribution < -0.4 is 14.4 Å². The molecule has 0 saturated carbocycles. The maximum Gasteiger partial charge on any atom is 0.391 e. The molecule has 1 aliphatic heterocycles. The van der Waals surface area contributed by atoms with Crippen molar-refractivity contribution < 1.29 is 27.4 Å². The smallest absolute Gasteiger partial charge is 0.391 e. The van der Waals surface area contributed by atoms with Crippen LogP contribution in [0.15, 0.2) is 18.2 Å². The fraction of sp³-hybridized carbons (Fsp3) is 0.600. The largest absolute Gasteiger partial charge is 0.493 e. The lowest BCUT2D eigenvalue weighted by molar-refractivity contribution is -0.133. The lowest BCUT2D eigenvalue weighted by Gasteiger charge is -2.14. The molecule has 7 heteroatoms. The molecule has 1 unspecified atom stereocenters. The van der Waals surface area contributed by atoms with Gasteiger partial charge in [-0.1, -0.05) is 0 Å². The molecule has 1 aromatic rings. The molecule has 0 spiro atoms. The average molecular weight is 319 g/mol. The molecule has 1 saturated heterocycles. The van der Waals surface area contributed by atoms with Gasteiger partial charge in [-0.2, -0.15) is 13.2 Å². The molecule has 22 heavy (non-hydrogen) atoms. The van der Waals surface area contributed by atoms with Crippen molar-refractivity contribution in [3.05, 3.63) is 18.2 Å². The van der Waals surface area contributed by atoms with E-state index in [4.69, 9.17) is 14.2 Å². The van der Waals surface area contributed by atoms with Crippen LogP contribution in [0.3, 0.4) is 0 Å². The third kappa shape index (κ3) is 4.69. The van der Waals surface area contributed by atoms with Gasteiger partial charge in [-0.3, -0.25) is 0 Å². The number of anilines is 1. The second-order valence-electron chi connectivity index (χ2n) is 5.16. The summed E-state index contributed by atoms with van der Waals surface area (Å²) in [5.74, 6) is 1.10. The number of alkyl halides is 3. The third-order valence-corrected chi connectivity index (χ3v) is 3.41. The van der Waals surface area contributed by atoms with Crippen LogP contribution in [0.2, 0.25) is 0 Å². The van der Waals surface area contributed by atoms with Gasteiger partial charge in [0.1, 0.15) is 0 Å². The number of hydrogen-bond donors (Lipinski definition) is 0. The molecule has 0 bridgehead atoms. The molecule has 1 aliphatic rings. The minimum Gasteiger partial charge on any atom is -0.493 e. The van der Waals surface area contributed by atoms with Crippen LogP contribution in [0.1, 0.15) is 12.8 Å². The first-order valence-electron chi connectivity index (χ1n) is 7.08. The zero-order valence-corrected chi connectivity index (χ0v) is 12.7. The van der Waals surface area contributed by atoms with Crippen molar-refractivity contribution in [1.29, 1.82) is 0 Å². The normalized spacial score (nSPS) is 17.5. The van der Waals surface area contributed by atoms with E-state index in [1.807, 2.05) is 0 Å². The molecular weight excluding hydrogens is 299 g/mol. The first-order chi connectivity index (χ1) is 10.4. The van der Waals surface area contributed by atoms with E-state index in [0.717, 1.165) is 12.1 Å². The highest BCUT2D eigenvalue weighted by Crippen LogP contribution is 2.39. The Morgan fingerprint density at radius 1 is 1.18 bits per heavy atom. The molecule has 1 atom stereocenters. The maximum absolute atomic E-state index is 12.4. The van der Waals surface area contributed by atoms with E-state index in [1.165, 1.54) is 7.11 Å². The van der Waals surface area contributed by atoms with Gasteiger partial charge in [0, 0.05) is 38.4 Å². The Morgan fingerprint density at radius 2 is 1.95 bits per heavy atom. The lowest BCUT2D eigenvalue weighted by atomic mass is 10.2. The van der Waals surface area contributed by atoms with Crippen molar-refractivity contribution in [2.24, 2.45) is 0 Å². The van der Waals surface area contributed by atoms with Crippen molar-refractivity contribution in [3.63, 3.8) is 0 Å². The fourth-order valence-corrected chi connectivity index (χ4v) is 2.28. The summed E-state index contributed by atoms with van der Waals surface area (Å²) in [6.07, 6.45) is -4.20. The van der Waals surface area contributed by atoms with Crippen LogP contribution in [-0.4, -0.2) is 46.2 Å². The molecular formula is C15H20F3NO3. The van der Waals surface area contributed by atoms with Gasteiger partial charge in [0.25, 0.3) is 0 Å². The number of methoxy groups -OCH3 is 2. The number of rotatable bonds is 8. The van der Waals surface area contributed by atoms with Crippen molar-refractivity contribution in [3.8, 4) is 11.5 Å². The van der Waals surface area contributed by atoms with Gasteiger partial charge in [0.15, 0.2) is 11.5 Å². The Labute approximate surface area is 127 Å². The molecule has 1 aromatic carbocycles. The van der Waals surface area contributed by atoms with Gasteiger partial charge in [-0.15, -0.1) is 0 Å². The molecule has 1 fully saturated rings. The monoisotopic (exact) mass is 319 g/mol. The fourth-order valence-electron chi connectivity index (χ4n) is 2.28. The Balaban J connectivity index is 1.98. The average Bonchev–Trinajstić information content (AvgIpc) is 3.20. The van der Waals surface area contributed by atoms with E-state index in [9.17, 15) is 13.2 Å². The highest BCUT2D eigenvalue weighted by atomic mass is 19.4. The highest BCUT2D eigenvalue weighted by Gasteiger charge is 2.43. The van der Waals surface area contributed by atoms with Crippen molar-refractivity contribution in [2.75, 3.05) is 38.9 Å². The molecule has 0 aromatic heterocycles. The summed E-state index contributed by atoms with van der Waals surface area (Å²) < 4.78 is 53.0. The van der Waals surface area contributed by atoms with E-state index in [2.05, 4.69) is 0 Å². The first-order valence-corrected chi connectivity index (χ1v) is 7.08. The van der Waals surface area contributed by atoms with Crippen LogP contribution >= 0.6 is 0 Å². The van der Waals surface area contributed by atoms with Gasteiger partial charge in [0.2, 0.25) is 0 Å². The Kier molecular flexibility index (Phi) is 5.39. The molecule has 0 aliphatic carbocycles. The topological polar surface area (TPSA) is 30.7 Å². The number of benzene rings is 1. The SMILES string of the molecule is COCCCOc1cc(N2CC2CC(F)(F)F)ccc1OC. The van der Waals surface area contributed by atoms with Gasteiger partial charge in [0.05, 0.1) is 26.2 Å². The highest BCUT2D eigenvalue weighted by molar-refractivity contribution is 5.60. The summed E-state index contributed by atoms with van der Waals surface area (Å²) in [7, 11) is 3.14. The van der Waals surface area contributed by atoms with Crippen molar-refractivity contribution >= 4 is 5.69 Å².